The van der Waals surface area contributed by atoms with Gasteiger partial charge in [0.05, 0.1) is 5.02 Å². The number of rotatable bonds is 4. The van der Waals surface area contributed by atoms with Crippen molar-refractivity contribution in [2.75, 3.05) is 0 Å². The molecule has 112 valence electrons. The lowest BCUT2D eigenvalue weighted by Gasteiger charge is -2.15. The molecule has 0 amide bonds. The molecule has 2 rings (SSSR count). The molecule has 0 spiro atoms. The van der Waals surface area contributed by atoms with E-state index in [0.717, 1.165) is 6.07 Å². The molecule has 0 saturated carbocycles. The van der Waals surface area contributed by atoms with Crippen LogP contribution in [0.3, 0.4) is 0 Å². The number of sulfonamides is 1. The highest BCUT2D eigenvalue weighted by Crippen LogP contribution is 2.24. The Hall–Kier alpha value is -1.50. The molecule has 3 nitrogen and oxygen atoms in total. The van der Waals surface area contributed by atoms with Gasteiger partial charge in [-0.15, -0.1) is 0 Å². The molecular weight excluding hydrogens is 320 g/mol. The number of halogens is 3. The van der Waals surface area contributed by atoms with Gasteiger partial charge in [0.25, 0.3) is 0 Å². The lowest BCUT2D eigenvalue weighted by molar-refractivity contribution is 0.537. The van der Waals surface area contributed by atoms with Gasteiger partial charge in [-0.05, 0) is 25.1 Å². The molecule has 0 aliphatic heterocycles. The minimum Gasteiger partial charge on any atom is -0.207 e. The van der Waals surface area contributed by atoms with Crippen molar-refractivity contribution in [2.45, 2.75) is 17.9 Å². The molecule has 1 atom stereocenters. The Balaban J connectivity index is 2.34. The zero-order chi connectivity index (χ0) is 15.6. The Morgan fingerprint density at radius 1 is 1.10 bits per heavy atom. The summed E-state index contributed by atoms with van der Waals surface area (Å²) in [7, 11) is -4.15. The van der Waals surface area contributed by atoms with Crippen LogP contribution in [-0.2, 0) is 10.0 Å². The third-order valence-electron chi connectivity index (χ3n) is 2.91. The highest BCUT2D eigenvalue weighted by molar-refractivity contribution is 7.89. The molecule has 0 aliphatic carbocycles. The van der Waals surface area contributed by atoms with Gasteiger partial charge in [0.15, 0.2) is 5.82 Å². The van der Waals surface area contributed by atoms with E-state index in [4.69, 9.17) is 11.6 Å². The van der Waals surface area contributed by atoms with Gasteiger partial charge in [-0.1, -0.05) is 35.9 Å². The maximum absolute atomic E-state index is 13.8. The van der Waals surface area contributed by atoms with Crippen molar-refractivity contribution < 1.29 is 17.2 Å². The van der Waals surface area contributed by atoms with Crippen molar-refractivity contribution in [3.05, 3.63) is 64.7 Å². The van der Waals surface area contributed by atoms with Gasteiger partial charge < -0.3 is 0 Å². The zero-order valence-electron chi connectivity index (χ0n) is 11.0. The van der Waals surface area contributed by atoms with Gasteiger partial charge in [0, 0.05) is 11.6 Å². The third-order valence-corrected chi connectivity index (χ3v) is 4.76. The number of benzene rings is 2. The lowest BCUT2D eigenvalue weighted by atomic mass is 10.1. The third kappa shape index (κ3) is 3.40. The molecule has 21 heavy (non-hydrogen) atoms. The van der Waals surface area contributed by atoms with Gasteiger partial charge in [-0.3, -0.25) is 0 Å². The van der Waals surface area contributed by atoms with E-state index >= 15 is 0 Å². The highest BCUT2D eigenvalue weighted by atomic mass is 35.5. The summed E-state index contributed by atoms with van der Waals surface area (Å²) in [6, 6.07) is 8.58. The summed E-state index contributed by atoms with van der Waals surface area (Å²) >= 11 is 5.57. The fourth-order valence-electron chi connectivity index (χ4n) is 1.88. The van der Waals surface area contributed by atoms with Crippen LogP contribution in [0.5, 0.6) is 0 Å². The van der Waals surface area contributed by atoms with Crippen LogP contribution in [0.25, 0.3) is 0 Å². The Morgan fingerprint density at radius 3 is 2.43 bits per heavy atom. The molecule has 0 saturated heterocycles. The van der Waals surface area contributed by atoms with Crippen molar-refractivity contribution in [1.82, 2.24) is 4.72 Å². The monoisotopic (exact) mass is 331 g/mol. The Labute approximate surface area is 126 Å². The van der Waals surface area contributed by atoms with Crippen LogP contribution in [0.4, 0.5) is 8.78 Å². The van der Waals surface area contributed by atoms with Crippen LogP contribution in [-0.4, -0.2) is 8.42 Å². The number of hydrogen-bond donors (Lipinski definition) is 1. The fraction of sp³-hybridized carbons (Fsp3) is 0.143. The first-order valence-corrected chi connectivity index (χ1v) is 7.90. The molecule has 2 aromatic carbocycles. The van der Waals surface area contributed by atoms with Crippen LogP contribution in [0.2, 0.25) is 5.02 Å². The van der Waals surface area contributed by atoms with Gasteiger partial charge in [0.1, 0.15) is 10.7 Å². The highest BCUT2D eigenvalue weighted by Gasteiger charge is 2.24. The van der Waals surface area contributed by atoms with Crippen molar-refractivity contribution in [1.29, 1.82) is 0 Å². The largest absolute Gasteiger partial charge is 0.244 e. The molecule has 0 bridgehead atoms. The maximum Gasteiger partial charge on any atom is 0.244 e. The number of nitrogens with one attached hydrogen (secondary N) is 1. The maximum atomic E-state index is 13.8. The molecule has 0 fully saturated rings. The SMILES string of the molecule is CC(NS(=O)(=O)c1cccc(Cl)c1F)c1ccccc1F. The molecule has 0 heterocycles. The second-order valence-corrected chi connectivity index (χ2v) is 6.51. The van der Waals surface area contributed by atoms with Crippen LogP contribution >= 0.6 is 11.6 Å². The van der Waals surface area contributed by atoms with Gasteiger partial charge >= 0.3 is 0 Å². The normalized spacial score (nSPS) is 13.1. The van der Waals surface area contributed by atoms with Crippen molar-refractivity contribution >= 4 is 21.6 Å². The van der Waals surface area contributed by atoms with E-state index in [-0.39, 0.29) is 10.6 Å². The molecule has 0 radical (unpaired) electrons. The Kier molecular flexibility index (Phi) is 4.61. The predicted octanol–water partition coefficient (Wildman–Crippen LogP) is 3.66. The first kappa shape index (κ1) is 15.9. The summed E-state index contributed by atoms with van der Waals surface area (Å²) in [6.45, 7) is 1.47. The quantitative estimate of drug-likeness (QED) is 0.929. The Bertz CT molecular complexity index is 765. The van der Waals surface area contributed by atoms with E-state index < -0.39 is 32.6 Å². The molecule has 0 aliphatic rings. The molecule has 7 heteroatoms. The van der Waals surface area contributed by atoms with Gasteiger partial charge in [-0.25, -0.2) is 21.9 Å². The van der Waals surface area contributed by atoms with Gasteiger partial charge in [-0.2, -0.15) is 0 Å². The summed E-state index contributed by atoms with van der Waals surface area (Å²) in [6.07, 6.45) is 0. The molecule has 0 aromatic heterocycles. The summed E-state index contributed by atoms with van der Waals surface area (Å²) in [5, 5.41) is -0.295. The standard InChI is InChI=1S/C14H12ClF2NO2S/c1-9(10-5-2-3-7-12(10)16)18-21(19,20)13-8-4-6-11(15)14(13)17/h2-9,18H,1H3. The second-order valence-electron chi connectivity index (χ2n) is 4.42. The average Bonchev–Trinajstić information content (AvgIpc) is 2.41. The average molecular weight is 332 g/mol. The van der Waals surface area contributed by atoms with E-state index in [1.54, 1.807) is 6.07 Å². The van der Waals surface area contributed by atoms with E-state index in [2.05, 4.69) is 4.72 Å². The minimum atomic E-state index is -4.15. The van der Waals surface area contributed by atoms with Gasteiger partial charge in [0.2, 0.25) is 10.0 Å². The van der Waals surface area contributed by atoms with Crippen molar-refractivity contribution in [3.8, 4) is 0 Å². The van der Waals surface area contributed by atoms with E-state index in [1.165, 1.54) is 37.3 Å². The van der Waals surface area contributed by atoms with Crippen molar-refractivity contribution in [3.63, 3.8) is 0 Å². The molecule has 1 unspecified atom stereocenters. The molecule has 1 N–H and O–H groups in total. The Morgan fingerprint density at radius 2 is 1.76 bits per heavy atom. The fourth-order valence-corrected chi connectivity index (χ4v) is 3.43. The smallest absolute Gasteiger partial charge is 0.207 e. The summed E-state index contributed by atoms with van der Waals surface area (Å²) < 4.78 is 54.0. The predicted molar refractivity (Wildman–Crippen MR) is 76.5 cm³/mol. The van der Waals surface area contributed by atoms with Crippen LogP contribution < -0.4 is 4.72 Å². The van der Waals surface area contributed by atoms with E-state index in [0.29, 0.717) is 0 Å². The zero-order valence-corrected chi connectivity index (χ0v) is 12.5. The van der Waals surface area contributed by atoms with Crippen molar-refractivity contribution in [2.24, 2.45) is 0 Å². The first-order chi connectivity index (χ1) is 9.83. The molecule has 2 aromatic rings. The van der Waals surface area contributed by atoms with Crippen LogP contribution in [0.15, 0.2) is 47.4 Å². The second kappa shape index (κ2) is 6.09. The number of hydrogen-bond acceptors (Lipinski definition) is 2. The summed E-state index contributed by atoms with van der Waals surface area (Å²) in [4.78, 5) is -0.571. The van der Waals surface area contributed by atoms with E-state index in [1.807, 2.05) is 0 Å². The van der Waals surface area contributed by atoms with Crippen LogP contribution in [0.1, 0.15) is 18.5 Å². The summed E-state index contributed by atoms with van der Waals surface area (Å²) in [5.74, 6) is -1.58. The molecular formula is C14H12ClF2NO2S. The lowest BCUT2D eigenvalue weighted by Crippen LogP contribution is -2.28. The summed E-state index contributed by atoms with van der Waals surface area (Å²) in [5.41, 5.74) is 0.170. The van der Waals surface area contributed by atoms with Crippen LogP contribution in [0, 0.1) is 11.6 Å². The minimum absolute atomic E-state index is 0.170. The van der Waals surface area contributed by atoms with E-state index in [9.17, 15) is 17.2 Å². The topological polar surface area (TPSA) is 46.2 Å². The first-order valence-electron chi connectivity index (χ1n) is 6.03.